The lowest BCUT2D eigenvalue weighted by Crippen LogP contribution is -2.37. The summed E-state index contributed by atoms with van der Waals surface area (Å²) in [6.07, 6.45) is 0.553. The summed E-state index contributed by atoms with van der Waals surface area (Å²) in [5.74, 6) is -0.544. The lowest BCUT2D eigenvalue weighted by atomic mass is 10.2. The normalized spacial score (nSPS) is 16.2. The predicted octanol–water partition coefficient (Wildman–Crippen LogP) is 3.58. The van der Waals surface area contributed by atoms with Gasteiger partial charge in [-0.1, -0.05) is 18.2 Å². The summed E-state index contributed by atoms with van der Waals surface area (Å²) in [7, 11) is -3.71. The Balaban J connectivity index is 1.50. The van der Waals surface area contributed by atoms with Crippen molar-refractivity contribution in [1.29, 1.82) is 0 Å². The average molecular weight is 419 g/mol. The van der Waals surface area contributed by atoms with Gasteiger partial charge in [0.1, 0.15) is 5.82 Å². The van der Waals surface area contributed by atoms with Crippen LogP contribution < -0.4 is 0 Å². The molecule has 1 fully saturated rings. The number of sulfonamides is 1. The maximum absolute atomic E-state index is 13.1. The summed E-state index contributed by atoms with van der Waals surface area (Å²) in [5, 5.41) is 1.03. The van der Waals surface area contributed by atoms with Crippen molar-refractivity contribution in [1.82, 2.24) is 9.21 Å². The van der Waals surface area contributed by atoms with Gasteiger partial charge in [0.05, 0.1) is 9.77 Å². The number of amides is 1. The first-order valence-corrected chi connectivity index (χ1v) is 11.2. The molecule has 0 spiro atoms. The van der Waals surface area contributed by atoms with Gasteiger partial charge in [-0.3, -0.25) is 4.79 Å². The van der Waals surface area contributed by atoms with Crippen molar-refractivity contribution in [3.05, 3.63) is 65.3 Å². The van der Waals surface area contributed by atoms with Gasteiger partial charge >= 0.3 is 0 Å². The zero-order valence-corrected chi connectivity index (χ0v) is 16.7. The van der Waals surface area contributed by atoms with Crippen LogP contribution in [-0.4, -0.2) is 49.7 Å². The van der Waals surface area contributed by atoms with Crippen molar-refractivity contribution in [2.75, 3.05) is 26.2 Å². The molecule has 4 rings (SSSR count). The van der Waals surface area contributed by atoms with E-state index in [0.29, 0.717) is 30.9 Å². The van der Waals surface area contributed by atoms with E-state index in [1.807, 2.05) is 30.3 Å². The second kappa shape index (κ2) is 7.62. The zero-order valence-electron chi connectivity index (χ0n) is 15.0. The highest BCUT2D eigenvalue weighted by atomic mass is 32.2. The van der Waals surface area contributed by atoms with E-state index in [2.05, 4.69) is 0 Å². The fraction of sp³-hybridized carbons (Fsp3) is 0.250. The van der Waals surface area contributed by atoms with Crippen LogP contribution in [0.25, 0.3) is 10.1 Å². The lowest BCUT2D eigenvalue weighted by molar-refractivity contribution is 0.0769. The van der Waals surface area contributed by atoms with Crippen LogP contribution in [0.2, 0.25) is 0 Å². The van der Waals surface area contributed by atoms with E-state index >= 15 is 0 Å². The summed E-state index contributed by atoms with van der Waals surface area (Å²) in [4.78, 5) is 15.4. The van der Waals surface area contributed by atoms with Gasteiger partial charge in [-0.05, 0) is 48.2 Å². The molecule has 1 saturated heterocycles. The molecule has 2 heterocycles. The summed E-state index contributed by atoms with van der Waals surface area (Å²) < 4.78 is 41.2. The van der Waals surface area contributed by atoms with E-state index in [0.717, 1.165) is 22.2 Å². The number of fused-ring (bicyclic) bond motifs is 1. The van der Waals surface area contributed by atoms with Crippen LogP contribution in [0, 0.1) is 5.82 Å². The Bertz CT molecular complexity index is 1080. The molecule has 1 aliphatic heterocycles. The van der Waals surface area contributed by atoms with Crippen LogP contribution >= 0.6 is 11.3 Å². The minimum absolute atomic E-state index is 0.0674. The van der Waals surface area contributed by atoms with Gasteiger partial charge in [-0.2, -0.15) is 4.31 Å². The van der Waals surface area contributed by atoms with Gasteiger partial charge in [0.25, 0.3) is 5.91 Å². The number of hydrogen-bond donors (Lipinski definition) is 0. The van der Waals surface area contributed by atoms with E-state index in [9.17, 15) is 17.6 Å². The van der Waals surface area contributed by atoms with E-state index < -0.39 is 15.8 Å². The van der Waals surface area contributed by atoms with E-state index in [1.165, 1.54) is 27.8 Å². The quantitative estimate of drug-likeness (QED) is 0.653. The van der Waals surface area contributed by atoms with Gasteiger partial charge in [-0.25, -0.2) is 12.8 Å². The van der Waals surface area contributed by atoms with E-state index in [4.69, 9.17) is 0 Å². The first-order valence-electron chi connectivity index (χ1n) is 8.99. The highest BCUT2D eigenvalue weighted by molar-refractivity contribution is 7.89. The maximum atomic E-state index is 13.1. The van der Waals surface area contributed by atoms with Gasteiger partial charge < -0.3 is 4.90 Å². The van der Waals surface area contributed by atoms with Crippen LogP contribution in [0.1, 0.15) is 16.1 Å². The Morgan fingerprint density at radius 2 is 1.71 bits per heavy atom. The zero-order chi connectivity index (χ0) is 19.7. The lowest BCUT2D eigenvalue weighted by Gasteiger charge is -2.21. The largest absolute Gasteiger partial charge is 0.337 e. The monoisotopic (exact) mass is 418 g/mol. The fourth-order valence-corrected chi connectivity index (χ4v) is 5.84. The second-order valence-electron chi connectivity index (χ2n) is 6.65. The average Bonchev–Trinajstić information content (AvgIpc) is 2.96. The number of rotatable bonds is 3. The first kappa shape index (κ1) is 19.0. The SMILES string of the molecule is O=C(c1cc2ccccc2s1)N1CCCN(S(=O)(=O)c2ccc(F)cc2)CC1. The number of thiophene rings is 1. The topological polar surface area (TPSA) is 57.7 Å². The molecule has 2 aromatic carbocycles. The predicted molar refractivity (Wildman–Crippen MR) is 108 cm³/mol. The van der Waals surface area contributed by atoms with Crippen molar-refractivity contribution < 1.29 is 17.6 Å². The Morgan fingerprint density at radius 1 is 0.964 bits per heavy atom. The molecule has 146 valence electrons. The number of nitrogens with zero attached hydrogens (tertiary/aromatic N) is 2. The Morgan fingerprint density at radius 3 is 2.46 bits per heavy atom. The Kier molecular flexibility index (Phi) is 5.18. The van der Waals surface area contributed by atoms with Gasteiger partial charge in [-0.15, -0.1) is 11.3 Å². The molecule has 0 N–H and O–H groups in total. The number of hydrogen-bond acceptors (Lipinski definition) is 4. The van der Waals surface area contributed by atoms with E-state index in [1.54, 1.807) is 4.90 Å². The second-order valence-corrected chi connectivity index (χ2v) is 9.67. The molecule has 0 radical (unpaired) electrons. The third-order valence-corrected chi connectivity index (χ3v) is 7.85. The van der Waals surface area contributed by atoms with Gasteiger partial charge in [0, 0.05) is 30.9 Å². The van der Waals surface area contributed by atoms with Crippen LogP contribution in [0.4, 0.5) is 4.39 Å². The van der Waals surface area contributed by atoms with Crippen molar-refractivity contribution in [2.45, 2.75) is 11.3 Å². The maximum Gasteiger partial charge on any atom is 0.264 e. The molecular formula is C20H19FN2O3S2. The molecule has 0 bridgehead atoms. The summed E-state index contributed by atoms with van der Waals surface area (Å²) in [5.41, 5.74) is 0. The molecule has 5 nitrogen and oxygen atoms in total. The molecule has 1 aliphatic rings. The summed E-state index contributed by atoms with van der Waals surface area (Å²) >= 11 is 1.45. The first-order chi connectivity index (χ1) is 13.4. The summed E-state index contributed by atoms with van der Waals surface area (Å²) in [6.45, 7) is 1.38. The number of halogens is 1. The standard InChI is InChI=1S/C20H19FN2O3S2/c21-16-6-8-17(9-7-16)28(25,26)23-11-3-10-22(12-13-23)20(24)19-14-15-4-1-2-5-18(15)27-19/h1-2,4-9,14H,3,10-13H2. The molecule has 1 aromatic heterocycles. The van der Waals surface area contributed by atoms with Gasteiger partial charge in [0.15, 0.2) is 0 Å². The number of carbonyl (C=O) groups excluding carboxylic acids is 1. The smallest absolute Gasteiger partial charge is 0.264 e. The summed E-state index contributed by atoms with van der Waals surface area (Å²) in [6, 6.07) is 14.6. The highest BCUT2D eigenvalue weighted by Gasteiger charge is 2.29. The fourth-order valence-electron chi connectivity index (χ4n) is 3.34. The minimum Gasteiger partial charge on any atom is -0.337 e. The van der Waals surface area contributed by atoms with Crippen molar-refractivity contribution >= 4 is 37.4 Å². The number of carbonyl (C=O) groups is 1. The third-order valence-electron chi connectivity index (χ3n) is 4.83. The Hall–Kier alpha value is -2.29. The Labute approximate surface area is 167 Å². The van der Waals surface area contributed by atoms with Crippen LogP contribution in [-0.2, 0) is 10.0 Å². The highest BCUT2D eigenvalue weighted by Crippen LogP contribution is 2.27. The molecule has 0 unspecified atom stereocenters. The molecule has 1 amide bonds. The third kappa shape index (κ3) is 3.67. The van der Waals surface area contributed by atoms with Crippen molar-refractivity contribution in [2.24, 2.45) is 0 Å². The van der Waals surface area contributed by atoms with Crippen LogP contribution in [0.3, 0.4) is 0 Å². The number of benzene rings is 2. The molecule has 0 saturated carbocycles. The molecule has 3 aromatic rings. The molecule has 0 atom stereocenters. The van der Waals surface area contributed by atoms with Crippen molar-refractivity contribution in [3.63, 3.8) is 0 Å². The molecule has 28 heavy (non-hydrogen) atoms. The van der Waals surface area contributed by atoms with E-state index in [-0.39, 0.29) is 17.3 Å². The molecule has 8 heteroatoms. The van der Waals surface area contributed by atoms with Crippen LogP contribution in [0.5, 0.6) is 0 Å². The van der Waals surface area contributed by atoms with Crippen molar-refractivity contribution in [3.8, 4) is 0 Å². The molecule has 0 aliphatic carbocycles. The van der Waals surface area contributed by atoms with Crippen LogP contribution in [0.15, 0.2) is 59.5 Å². The van der Waals surface area contributed by atoms with Gasteiger partial charge in [0.2, 0.25) is 10.0 Å². The minimum atomic E-state index is -3.71. The molecular weight excluding hydrogens is 399 g/mol.